The molecule has 0 rings (SSSR count). The third-order valence-corrected chi connectivity index (χ3v) is 0.685. The van der Waals surface area contributed by atoms with Crippen LogP contribution in [0.2, 0.25) is 0 Å². The molecule has 0 unspecified atom stereocenters. The summed E-state index contributed by atoms with van der Waals surface area (Å²) in [5, 5.41) is 2.63. The zero-order valence-corrected chi connectivity index (χ0v) is 9.13. The monoisotopic (exact) mass is 219 g/mol. The predicted molar refractivity (Wildman–Crippen MR) is 35.7 cm³/mol. The first kappa shape index (κ1) is 13.1. The molecular formula is C5H12N3OY-. The second-order valence-corrected chi connectivity index (χ2v) is 2.06. The molecular weight excluding hydrogens is 207 g/mol. The van der Waals surface area contributed by atoms with Gasteiger partial charge in [-0.1, -0.05) is 6.54 Å². The molecule has 0 aromatic heterocycles. The van der Waals surface area contributed by atoms with E-state index in [9.17, 15) is 4.79 Å². The molecule has 5 heteroatoms. The molecule has 0 saturated carbocycles. The summed E-state index contributed by atoms with van der Waals surface area (Å²) < 4.78 is 0. The normalized spacial score (nSPS) is 8.80. The van der Waals surface area contributed by atoms with Gasteiger partial charge in [0.25, 0.3) is 0 Å². The van der Waals surface area contributed by atoms with Gasteiger partial charge in [-0.3, -0.25) is 4.79 Å². The van der Waals surface area contributed by atoms with Gasteiger partial charge in [0.15, 0.2) is 5.91 Å². The Morgan fingerprint density at radius 1 is 1.70 bits per heavy atom. The Balaban J connectivity index is 0. The average molecular weight is 219 g/mol. The number of hydrogen-bond donors (Lipinski definition) is 2. The van der Waals surface area contributed by atoms with Gasteiger partial charge >= 0.3 is 0 Å². The Morgan fingerprint density at radius 3 is 2.50 bits per heavy atom. The number of nitrogens with zero attached hydrogens (tertiary/aromatic N) is 1. The molecule has 4 nitrogen and oxygen atoms in total. The van der Waals surface area contributed by atoms with Gasteiger partial charge in [0.05, 0.1) is 0 Å². The summed E-state index contributed by atoms with van der Waals surface area (Å²) in [6, 6.07) is 0.166. The summed E-state index contributed by atoms with van der Waals surface area (Å²) in [6.07, 6.45) is 0. The molecule has 57 valence electrons. The van der Waals surface area contributed by atoms with E-state index in [1.807, 2.05) is 13.8 Å². The third-order valence-electron chi connectivity index (χ3n) is 0.685. The second kappa shape index (κ2) is 7.60. The van der Waals surface area contributed by atoms with Crippen LogP contribution in [0.15, 0.2) is 0 Å². The average Bonchev–Trinajstić information content (AvgIpc) is 1.63. The topological polar surface area (TPSA) is 69.2 Å². The molecule has 0 aliphatic rings. The van der Waals surface area contributed by atoms with E-state index in [-0.39, 0.29) is 51.2 Å². The van der Waals surface area contributed by atoms with Crippen LogP contribution in [0.25, 0.3) is 5.43 Å². The minimum absolute atomic E-state index is 0. The van der Waals surface area contributed by atoms with Crippen molar-refractivity contribution in [2.45, 2.75) is 19.9 Å². The molecule has 10 heavy (non-hydrogen) atoms. The predicted octanol–water partition coefficient (Wildman–Crippen LogP) is -0.244. The number of carbonyl (C=O) groups is 1. The van der Waals surface area contributed by atoms with Gasteiger partial charge in [-0.2, -0.15) is 0 Å². The summed E-state index contributed by atoms with van der Waals surface area (Å²) in [7, 11) is 0. The standard InChI is InChI=1S/C5H12N3O.Y/c1-4(2)8-5(9)3-7-6;/h4H,3,6H2,1-2H3,(H,8,9);/q-1;. The van der Waals surface area contributed by atoms with Crippen LogP contribution in [-0.2, 0) is 37.5 Å². The van der Waals surface area contributed by atoms with Crippen molar-refractivity contribution in [3.8, 4) is 0 Å². The Morgan fingerprint density at radius 2 is 2.20 bits per heavy atom. The molecule has 0 aromatic carbocycles. The van der Waals surface area contributed by atoms with Crippen LogP contribution in [0.1, 0.15) is 13.8 Å². The van der Waals surface area contributed by atoms with Crippen molar-refractivity contribution in [2.75, 3.05) is 6.54 Å². The first-order valence-corrected chi connectivity index (χ1v) is 2.83. The van der Waals surface area contributed by atoms with E-state index < -0.39 is 0 Å². The number of carbonyl (C=O) groups excluding carboxylic acids is 1. The van der Waals surface area contributed by atoms with E-state index in [0.717, 1.165) is 0 Å². The van der Waals surface area contributed by atoms with Gasteiger partial charge in [-0.25, -0.2) is 0 Å². The summed E-state index contributed by atoms with van der Waals surface area (Å²) in [5.41, 5.74) is 3.18. The van der Waals surface area contributed by atoms with Gasteiger partial charge in [0.2, 0.25) is 0 Å². The molecule has 1 amide bonds. The molecule has 0 spiro atoms. The van der Waals surface area contributed by atoms with Crippen LogP contribution in [0.3, 0.4) is 0 Å². The van der Waals surface area contributed by atoms with Crippen molar-refractivity contribution in [3.05, 3.63) is 5.43 Å². The molecule has 0 aliphatic carbocycles. The molecule has 0 saturated heterocycles. The van der Waals surface area contributed by atoms with E-state index in [0.29, 0.717) is 0 Å². The summed E-state index contributed by atoms with van der Waals surface area (Å²) in [4.78, 5) is 10.6. The fourth-order valence-electron chi connectivity index (χ4n) is 0.451. The van der Waals surface area contributed by atoms with Crippen molar-refractivity contribution < 1.29 is 37.5 Å². The molecule has 0 atom stereocenters. The van der Waals surface area contributed by atoms with Crippen molar-refractivity contribution in [1.82, 2.24) is 5.32 Å². The molecule has 0 bridgehead atoms. The smallest absolute Gasteiger partial charge is 0.200 e. The number of amides is 1. The van der Waals surface area contributed by atoms with E-state index in [1.54, 1.807) is 0 Å². The zero-order valence-electron chi connectivity index (χ0n) is 6.29. The molecule has 1 radical (unpaired) electrons. The first-order chi connectivity index (χ1) is 4.16. The minimum atomic E-state index is -0.132. The maximum atomic E-state index is 10.6. The second-order valence-electron chi connectivity index (χ2n) is 2.06. The molecule has 0 aliphatic heterocycles. The Labute approximate surface area is 86.2 Å². The van der Waals surface area contributed by atoms with E-state index >= 15 is 0 Å². The zero-order chi connectivity index (χ0) is 7.28. The van der Waals surface area contributed by atoms with Crippen LogP contribution in [0, 0.1) is 0 Å². The third kappa shape index (κ3) is 8.49. The number of hydrogen-bond acceptors (Lipinski definition) is 2. The maximum absolute atomic E-state index is 10.6. The number of rotatable bonds is 3. The van der Waals surface area contributed by atoms with E-state index in [1.165, 1.54) is 0 Å². The minimum Gasteiger partial charge on any atom is -0.592 e. The summed E-state index contributed by atoms with van der Waals surface area (Å²) in [5.74, 6) is 4.64. The van der Waals surface area contributed by atoms with E-state index in [2.05, 4.69) is 10.7 Å². The molecule has 0 aromatic rings. The Hall–Kier alpha value is 0.494. The van der Waals surface area contributed by atoms with Crippen molar-refractivity contribution in [2.24, 2.45) is 5.84 Å². The number of nitrogens with two attached hydrogens (primary N) is 1. The van der Waals surface area contributed by atoms with Crippen LogP contribution < -0.4 is 11.2 Å². The fourth-order valence-corrected chi connectivity index (χ4v) is 0.451. The van der Waals surface area contributed by atoms with Crippen molar-refractivity contribution in [3.63, 3.8) is 0 Å². The maximum Gasteiger partial charge on any atom is 0.200 e. The van der Waals surface area contributed by atoms with Crippen LogP contribution >= 0.6 is 0 Å². The summed E-state index contributed by atoms with van der Waals surface area (Å²) >= 11 is 0. The molecule has 0 fully saturated rings. The summed E-state index contributed by atoms with van der Waals surface area (Å²) in [6.45, 7) is 3.82. The molecule has 0 heterocycles. The van der Waals surface area contributed by atoms with Crippen LogP contribution in [0.5, 0.6) is 0 Å². The van der Waals surface area contributed by atoms with Gasteiger partial charge in [-0.05, 0) is 13.8 Å². The van der Waals surface area contributed by atoms with Crippen molar-refractivity contribution in [1.29, 1.82) is 0 Å². The van der Waals surface area contributed by atoms with Crippen LogP contribution in [-0.4, -0.2) is 18.5 Å². The van der Waals surface area contributed by atoms with Gasteiger partial charge < -0.3 is 16.6 Å². The Kier molecular flexibility index (Phi) is 9.96. The van der Waals surface area contributed by atoms with Gasteiger partial charge in [0.1, 0.15) is 0 Å². The molecule has 3 N–H and O–H groups in total. The quantitative estimate of drug-likeness (QED) is 0.507. The van der Waals surface area contributed by atoms with E-state index in [4.69, 9.17) is 5.84 Å². The van der Waals surface area contributed by atoms with Gasteiger partial charge in [0, 0.05) is 38.8 Å². The fraction of sp³-hybridized carbons (Fsp3) is 0.800. The van der Waals surface area contributed by atoms with Gasteiger partial charge in [-0.15, -0.1) is 0 Å². The van der Waals surface area contributed by atoms with Crippen LogP contribution in [0.4, 0.5) is 0 Å². The Bertz CT molecular complexity index is 96.9. The number of nitrogens with one attached hydrogen (secondary N) is 1. The SMILES string of the molecule is CC(C)NC(=O)C[N-]N.[Y]. The van der Waals surface area contributed by atoms with Crippen molar-refractivity contribution >= 4 is 5.91 Å². The first-order valence-electron chi connectivity index (χ1n) is 2.83. The largest absolute Gasteiger partial charge is 0.592 e.